The fourth-order valence-electron chi connectivity index (χ4n) is 4.41. The number of thiophene rings is 1. The Morgan fingerprint density at radius 2 is 2.14 bits per heavy atom. The molecule has 1 aliphatic carbocycles. The van der Waals surface area contributed by atoms with Crippen molar-refractivity contribution in [2.24, 2.45) is 16.3 Å². The molecule has 4 rings (SSSR count). The second-order valence-corrected chi connectivity index (χ2v) is 12.4. The standard InChI is InChI=1S/C28H33BrN2O3S/c1-17(2)34-23-11-9-20(29)13-18(23)15-31-27-25(26(32)30-16-21-7-6-12-33-21)22-10-8-19(28(3,4)5)14-24(22)35-27/h6-7,9,11-13,15,17,19H,8,10,14,16H2,1-5H3,(H,30,32)/t19-/m1/s1. The Balaban J connectivity index is 1.69. The molecule has 1 amide bonds. The summed E-state index contributed by atoms with van der Waals surface area (Å²) in [6, 6.07) is 9.57. The number of hydrogen-bond acceptors (Lipinski definition) is 5. The summed E-state index contributed by atoms with van der Waals surface area (Å²) in [4.78, 5) is 19.5. The zero-order valence-corrected chi connectivity index (χ0v) is 23.4. The van der Waals surface area contributed by atoms with Crippen molar-refractivity contribution in [3.8, 4) is 5.75 Å². The van der Waals surface area contributed by atoms with Gasteiger partial charge in [-0.15, -0.1) is 11.3 Å². The first kappa shape index (κ1) is 25.7. The Morgan fingerprint density at radius 1 is 1.34 bits per heavy atom. The zero-order chi connectivity index (χ0) is 25.2. The Hall–Kier alpha value is -2.38. The number of furan rings is 1. The highest BCUT2D eigenvalue weighted by molar-refractivity contribution is 9.10. The number of ether oxygens (including phenoxy) is 1. The van der Waals surface area contributed by atoms with Gasteiger partial charge >= 0.3 is 0 Å². The van der Waals surface area contributed by atoms with Crippen LogP contribution in [0.5, 0.6) is 5.75 Å². The average molecular weight is 558 g/mol. The molecule has 1 aromatic carbocycles. The lowest BCUT2D eigenvalue weighted by Gasteiger charge is -2.33. The molecule has 7 heteroatoms. The third-order valence-electron chi connectivity index (χ3n) is 6.36. The number of amides is 1. The second-order valence-electron chi connectivity index (χ2n) is 10.4. The maximum Gasteiger partial charge on any atom is 0.255 e. The fourth-order valence-corrected chi connectivity index (χ4v) is 6.06. The van der Waals surface area contributed by atoms with Crippen molar-refractivity contribution in [2.75, 3.05) is 0 Å². The number of rotatable bonds is 7. The van der Waals surface area contributed by atoms with E-state index in [2.05, 4.69) is 42.0 Å². The minimum atomic E-state index is -0.104. The van der Waals surface area contributed by atoms with Gasteiger partial charge in [0.1, 0.15) is 16.5 Å². The molecule has 186 valence electrons. The van der Waals surface area contributed by atoms with Crippen LogP contribution < -0.4 is 10.1 Å². The lowest BCUT2D eigenvalue weighted by molar-refractivity contribution is 0.0947. The number of carbonyl (C=O) groups is 1. The van der Waals surface area contributed by atoms with E-state index in [-0.39, 0.29) is 17.4 Å². The van der Waals surface area contributed by atoms with Crippen LogP contribution in [0.3, 0.4) is 0 Å². The zero-order valence-electron chi connectivity index (χ0n) is 21.0. The molecule has 2 heterocycles. The minimum Gasteiger partial charge on any atom is -0.490 e. The number of aliphatic imine (C=N–C) groups is 1. The van der Waals surface area contributed by atoms with Crippen molar-refractivity contribution in [2.45, 2.75) is 66.5 Å². The lowest BCUT2D eigenvalue weighted by atomic mass is 9.72. The van der Waals surface area contributed by atoms with Crippen LogP contribution in [-0.4, -0.2) is 18.2 Å². The molecule has 0 bridgehead atoms. The van der Waals surface area contributed by atoms with Gasteiger partial charge in [-0.2, -0.15) is 0 Å². The van der Waals surface area contributed by atoms with Gasteiger partial charge in [0, 0.05) is 21.1 Å². The lowest BCUT2D eigenvalue weighted by Crippen LogP contribution is -2.28. The van der Waals surface area contributed by atoms with Crippen molar-refractivity contribution in [1.29, 1.82) is 0 Å². The number of carbonyl (C=O) groups excluding carboxylic acids is 1. The molecule has 35 heavy (non-hydrogen) atoms. The van der Waals surface area contributed by atoms with E-state index >= 15 is 0 Å². The Morgan fingerprint density at radius 3 is 2.83 bits per heavy atom. The van der Waals surface area contributed by atoms with Gasteiger partial charge in [-0.3, -0.25) is 4.79 Å². The number of nitrogens with zero attached hydrogens (tertiary/aromatic N) is 1. The van der Waals surface area contributed by atoms with E-state index in [0.717, 1.165) is 51.4 Å². The molecule has 0 radical (unpaired) electrons. The van der Waals surface area contributed by atoms with E-state index in [9.17, 15) is 4.79 Å². The van der Waals surface area contributed by atoms with Gasteiger partial charge in [-0.25, -0.2) is 4.99 Å². The van der Waals surface area contributed by atoms with E-state index in [0.29, 0.717) is 18.0 Å². The molecule has 1 atom stereocenters. The van der Waals surface area contributed by atoms with Gasteiger partial charge in [0.25, 0.3) is 5.91 Å². The Kier molecular flexibility index (Phi) is 7.86. The normalized spacial score (nSPS) is 16.0. The van der Waals surface area contributed by atoms with Crippen LogP contribution in [0, 0.1) is 11.3 Å². The van der Waals surface area contributed by atoms with Gasteiger partial charge in [0.15, 0.2) is 0 Å². The summed E-state index contributed by atoms with van der Waals surface area (Å²) in [6.45, 7) is 11.3. The molecule has 2 aromatic heterocycles. The van der Waals surface area contributed by atoms with Crippen LogP contribution in [0.25, 0.3) is 0 Å². The van der Waals surface area contributed by atoms with Crippen LogP contribution in [0.1, 0.15) is 73.2 Å². The summed E-state index contributed by atoms with van der Waals surface area (Å²) >= 11 is 5.19. The Labute approximate surface area is 220 Å². The fraction of sp³-hybridized carbons (Fsp3) is 0.429. The average Bonchev–Trinajstić information content (AvgIpc) is 3.43. The van der Waals surface area contributed by atoms with Crippen LogP contribution in [0.2, 0.25) is 0 Å². The topological polar surface area (TPSA) is 63.8 Å². The number of benzene rings is 1. The summed E-state index contributed by atoms with van der Waals surface area (Å²) < 4.78 is 12.3. The summed E-state index contributed by atoms with van der Waals surface area (Å²) in [5.74, 6) is 1.98. The van der Waals surface area contributed by atoms with Gasteiger partial charge < -0.3 is 14.5 Å². The summed E-state index contributed by atoms with van der Waals surface area (Å²) in [6.07, 6.45) is 6.43. The molecular weight excluding hydrogens is 524 g/mol. The van der Waals surface area contributed by atoms with E-state index in [1.54, 1.807) is 17.6 Å². The van der Waals surface area contributed by atoms with E-state index in [4.69, 9.17) is 14.1 Å². The molecule has 5 nitrogen and oxygen atoms in total. The quantitative estimate of drug-likeness (QED) is 0.303. The third-order valence-corrected chi connectivity index (χ3v) is 8.01. The van der Waals surface area contributed by atoms with Crippen LogP contribution in [-0.2, 0) is 19.4 Å². The third kappa shape index (κ3) is 6.25. The maximum atomic E-state index is 13.4. The molecule has 1 N–H and O–H groups in total. The molecule has 0 spiro atoms. The van der Waals surface area contributed by atoms with Crippen LogP contribution in [0.4, 0.5) is 5.00 Å². The minimum absolute atomic E-state index is 0.0506. The predicted molar refractivity (Wildman–Crippen MR) is 146 cm³/mol. The van der Waals surface area contributed by atoms with E-state index < -0.39 is 0 Å². The van der Waals surface area contributed by atoms with Crippen molar-refractivity contribution in [1.82, 2.24) is 5.32 Å². The first-order valence-electron chi connectivity index (χ1n) is 12.1. The first-order valence-corrected chi connectivity index (χ1v) is 13.7. The maximum absolute atomic E-state index is 13.4. The van der Waals surface area contributed by atoms with Crippen LogP contribution >= 0.6 is 27.3 Å². The molecule has 0 aliphatic heterocycles. The van der Waals surface area contributed by atoms with Gasteiger partial charge in [-0.1, -0.05) is 36.7 Å². The smallest absolute Gasteiger partial charge is 0.255 e. The van der Waals surface area contributed by atoms with Gasteiger partial charge in [0.2, 0.25) is 0 Å². The second kappa shape index (κ2) is 10.7. The highest BCUT2D eigenvalue weighted by atomic mass is 79.9. The molecule has 1 aliphatic rings. The largest absolute Gasteiger partial charge is 0.490 e. The SMILES string of the molecule is CC(C)Oc1ccc(Br)cc1C=Nc1sc2c(c1C(=O)NCc1ccco1)CC[C@@H](C(C)(C)C)C2. The monoisotopic (exact) mass is 556 g/mol. The number of hydrogen-bond donors (Lipinski definition) is 1. The molecule has 0 saturated carbocycles. The van der Waals surface area contributed by atoms with Crippen molar-refractivity contribution >= 4 is 44.4 Å². The Bertz CT molecular complexity index is 1210. The predicted octanol–water partition coefficient (Wildman–Crippen LogP) is 7.72. The molecular formula is C28H33BrN2O3S. The highest BCUT2D eigenvalue weighted by Gasteiger charge is 2.33. The van der Waals surface area contributed by atoms with E-state index in [1.807, 2.05) is 50.4 Å². The number of nitrogens with one attached hydrogen (secondary N) is 1. The molecule has 0 unspecified atom stereocenters. The summed E-state index contributed by atoms with van der Waals surface area (Å²) in [5.41, 5.74) is 2.94. The van der Waals surface area contributed by atoms with Gasteiger partial charge in [-0.05, 0) is 80.3 Å². The van der Waals surface area contributed by atoms with E-state index in [1.165, 1.54) is 4.88 Å². The number of fused-ring (bicyclic) bond motifs is 1. The van der Waals surface area contributed by atoms with Crippen LogP contribution in [0.15, 0.2) is 50.5 Å². The van der Waals surface area contributed by atoms with Crippen molar-refractivity contribution < 1.29 is 13.9 Å². The van der Waals surface area contributed by atoms with Crippen molar-refractivity contribution in [3.05, 3.63) is 68.4 Å². The van der Waals surface area contributed by atoms with Gasteiger partial charge in [0.05, 0.1) is 24.5 Å². The van der Waals surface area contributed by atoms with Crippen molar-refractivity contribution in [3.63, 3.8) is 0 Å². The summed E-state index contributed by atoms with van der Waals surface area (Å²) in [7, 11) is 0. The highest BCUT2D eigenvalue weighted by Crippen LogP contribution is 2.45. The summed E-state index contributed by atoms with van der Waals surface area (Å²) in [5, 5.41) is 3.78. The number of halogens is 1. The molecule has 0 saturated heterocycles. The molecule has 0 fully saturated rings. The molecule has 3 aromatic rings. The first-order chi connectivity index (χ1) is 16.6.